The monoisotopic (exact) mass is 413 g/mol. The number of hydrogen-bond acceptors (Lipinski definition) is 5. The molecule has 156 valence electrons. The van der Waals surface area contributed by atoms with E-state index < -0.39 is 0 Å². The van der Waals surface area contributed by atoms with Gasteiger partial charge in [-0.2, -0.15) is 0 Å². The molecule has 0 spiro atoms. The van der Waals surface area contributed by atoms with Crippen molar-refractivity contribution in [3.8, 4) is 17.2 Å². The van der Waals surface area contributed by atoms with Crippen LogP contribution in [0.3, 0.4) is 0 Å². The molecule has 31 heavy (non-hydrogen) atoms. The van der Waals surface area contributed by atoms with Crippen LogP contribution in [0.2, 0.25) is 0 Å². The Morgan fingerprint density at radius 1 is 0.871 bits per heavy atom. The van der Waals surface area contributed by atoms with E-state index in [2.05, 4.69) is 4.90 Å². The smallest absolute Gasteiger partial charge is 0.253 e. The first-order valence-corrected chi connectivity index (χ1v) is 10.4. The maximum absolute atomic E-state index is 12.9. The molecule has 0 radical (unpaired) electrons. The molecule has 5 rings (SSSR count). The Kier molecular flexibility index (Phi) is 5.04. The lowest BCUT2D eigenvalue weighted by molar-refractivity contribution is 0.0692. The largest absolute Gasteiger partial charge is 0.497 e. The number of hydrogen-bond donors (Lipinski definition) is 0. The Hall–Kier alpha value is -3.80. The number of carbonyl (C=O) groups is 1. The van der Waals surface area contributed by atoms with Gasteiger partial charge in [0.1, 0.15) is 23.0 Å². The zero-order valence-corrected chi connectivity index (χ0v) is 17.3. The first kappa shape index (κ1) is 19.2. The summed E-state index contributed by atoms with van der Waals surface area (Å²) in [5.41, 5.74) is 2.45. The molecule has 0 saturated carbocycles. The van der Waals surface area contributed by atoms with Gasteiger partial charge in [-0.25, -0.2) is 4.99 Å². The number of methoxy groups -OCH3 is 1. The Morgan fingerprint density at radius 2 is 1.55 bits per heavy atom. The number of ether oxygens (including phenoxy) is 2. The highest BCUT2D eigenvalue weighted by Gasteiger charge is 2.27. The van der Waals surface area contributed by atoms with Gasteiger partial charge in [0.25, 0.3) is 5.91 Å². The summed E-state index contributed by atoms with van der Waals surface area (Å²) >= 11 is 0. The van der Waals surface area contributed by atoms with Crippen LogP contribution in [0.4, 0.5) is 5.69 Å². The molecule has 3 aromatic carbocycles. The highest BCUT2D eigenvalue weighted by molar-refractivity contribution is 6.04. The Balaban J connectivity index is 1.37. The van der Waals surface area contributed by atoms with E-state index in [1.54, 1.807) is 7.11 Å². The average molecular weight is 413 g/mol. The van der Waals surface area contributed by atoms with E-state index in [9.17, 15) is 4.79 Å². The van der Waals surface area contributed by atoms with E-state index in [4.69, 9.17) is 14.5 Å². The van der Waals surface area contributed by atoms with E-state index in [1.807, 2.05) is 77.7 Å². The van der Waals surface area contributed by atoms with Crippen molar-refractivity contribution in [1.29, 1.82) is 0 Å². The number of amidine groups is 1. The van der Waals surface area contributed by atoms with E-state index in [-0.39, 0.29) is 5.91 Å². The molecule has 1 saturated heterocycles. The van der Waals surface area contributed by atoms with Crippen molar-refractivity contribution < 1.29 is 14.3 Å². The lowest BCUT2D eigenvalue weighted by Crippen LogP contribution is -2.50. The van der Waals surface area contributed by atoms with Crippen molar-refractivity contribution >= 4 is 17.4 Å². The van der Waals surface area contributed by atoms with Gasteiger partial charge in [0.15, 0.2) is 5.75 Å². The van der Waals surface area contributed by atoms with Gasteiger partial charge in [-0.3, -0.25) is 4.79 Å². The van der Waals surface area contributed by atoms with Crippen LogP contribution in [0, 0.1) is 0 Å². The fraction of sp³-hybridized carbons (Fsp3) is 0.200. The van der Waals surface area contributed by atoms with Gasteiger partial charge in [0.05, 0.1) is 12.7 Å². The number of amides is 1. The zero-order chi connectivity index (χ0) is 21.2. The molecule has 2 aliphatic rings. The van der Waals surface area contributed by atoms with Gasteiger partial charge in [-0.05, 0) is 48.5 Å². The lowest BCUT2D eigenvalue weighted by Gasteiger charge is -2.36. The van der Waals surface area contributed by atoms with Crippen LogP contribution in [0.15, 0.2) is 77.8 Å². The molecule has 0 aromatic heterocycles. The molecular formula is C25H23N3O3. The number of aliphatic imine (C=N–C) groups is 1. The van der Waals surface area contributed by atoms with Gasteiger partial charge in [0.2, 0.25) is 0 Å². The second-order valence-corrected chi connectivity index (χ2v) is 7.51. The SMILES string of the molecule is COc1ccc(C(=O)N2CCN(C3=Nc4ccccc4Oc4ccccc43)CC2)cc1. The van der Waals surface area contributed by atoms with Gasteiger partial charge < -0.3 is 19.3 Å². The number of nitrogens with zero attached hydrogens (tertiary/aromatic N) is 3. The molecule has 1 amide bonds. The van der Waals surface area contributed by atoms with Crippen molar-refractivity contribution in [3.63, 3.8) is 0 Å². The molecule has 1 fully saturated rings. The number of fused-ring (bicyclic) bond motifs is 2. The number of benzene rings is 3. The lowest BCUT2D eigenvalue weighted by atomic mass is 10.1. The quantitative estimate of drug-likeness (QED) is 0.627. The molecule has 0 unspecified atom stereocenters. The van der Waals surface area contributed by atoms with Gasteiger partial charge in [-0.15, -0.1) is 0 Å². The summed E-state index contributed by atoms with van der Waals surface area (Å²) in [5.74, 6) is 3.21. The highest BCUT2D eigenvalue weighted by Crippen LogP contribution is 2.37. The molecule has 0 bridgehead atoms. The van der Waals surface area contributed by atoms with E-state index in [0.717, 1.165) is 34.3 Å². The minimum Gasteiger partial charge on any atom is -0.497 e. The summed E-state index contributed by atoms with van der Waals surface area (Å²) < 4.78 is 11.3. The molecular weight excluding hydrogens is 390 g/mol. The first-order chi connectivity index (χ1) is 15.2. The van der Waals surface area contributed by atoms with Crippen LogP contribution in [0.1, 0.15) is 15.9 Å². The normalized spacial score (nSPS) is 15.2. The summed E-state index contributed by atoms with van der Waals surface area (Å²) in [6, 6.07) is 23.0. The second kappa shape index (κ2) is 8.14. The third-order valence-corrected chi connectivity index (χ3v) is 5.64. The van der Waals surface area contributed by atoms with Crippen LogP contribution in [-0.2, 0) is 0 Å². The minimum atomic E-state index is 0.0409. The molecule has 0 atom stereocenters. The fourth-order valence-corrected chi connectivity index (χ4v) is 3.95. The van der Waals surface area contributed by atoms with Crippen molar-refractivity contribution in [1.82, 2.24) is 9.80 Å². The number of para-hydroxylation sites is 3. The topological polar surface area (TPSA) is 54.4 Å². The Bertz CT molecular complexity index is 1130. The molecule has 3 aromatic rings. The van der Waals surface area contributed by atoms with Crippen molar-refractivity contribution in [2.24, 2.45) is 4.99 Å². The van der Waals surface area contributed by atoms with Crippen LogP contribution in [0.25, 0.3) is 0 Å². The summed E-state index contributed by atoms with van der Waals surface area (Å²) in [5, 5.41) is 0. The van der Waals surface area contributed by atoms with Crippen LogP contribution in [0.5, 0.6) is 17.2 Å². The summed E-state index contributed by atoms with van der Waals surface area (Å²) in [6.07, 6.45) is 0. The van der Waals surface area contributed by atoms with Gasteiger partial charge in [-0.1, -0.05) is 24.3 Å². The molecule has 0 aliphatic carbocycles. The molecule has 2 aliphatic heterocycles. The Morgan fingerprint density at radius 3 is 2.29 bits per heavy atom. The van der Waals surface area contributed by atoms with Gasteiger partial charge >= 0.3 is 0 Å². The molecule has 6 heteroatoms. The number of rotatable bonds is 2. The third-order valence-electron chi connectivity index (χ3n) is 5.64. The van der Waals surface area contributed by atoms with Crippen molar-refractivity contribution in [2.45, 2.75) is 0 Å². The summed E-state index contributed by atoms with van der Waals surface area (Å²) in [6.45, 7) is 2.68. The average Bonchev–Trinajstić information content (AvgIpc) is 3.00. The molecule has 2 heterocycles. The first-order valence-electron chi connectivity index (χ1n) is 10.4. The summed E-state index contributed by atoms with van der Waals surface area (Å²) in [4.78, 5) is 22.0. The maximum atomic E-state index is 12.9. The third kappa shape index (κ3) is 3.72. The highest BCUT2D eigenvalue weighted by atomic mass is 16.5. The van der Waals surface area contributed by atoms with E-state index >= 15 is 0 Å². The van der Waals surface area contributed by atoms with E-state index in [0.29, 0.717) is 31.7 Å². The number of carbonyl (C=O) groups excluding carboxylic acids is 1. The van der Waals surface area contributed by atoms with Crippen LogP contribution >= 0.6 is 0 Å². The van der Waals surface area contributed by atoms with Crippen LogP contribution in [-0.4, -0.2) is 54.8 Å². The maximum Gasteiger partial charge on any atom is 0.253 e. The minimum absolute atomic E-state index is 0.0409. The number of piperazine rings is 1. The Labute approximate surface area is 181 Å². The predicted molar refractivity (Wildman–Crippen MR) is 120 cm³/mol. The summed E-state index contributed by atoms with van der Waals surface area (Å²) in [7, 11) is 1.62. The van der Waals surface area contributed by atoms with Gasteiger partial charge in [0, 0.05) is 31.7 Å². The molecule has 0 N–H and O–H groups in total. The van der Waals surface area contributed by atoms with Crippen LogP contribution < -0.4 is 9.47 Å². The van der Waals surface area contributed by atoms with Crippen molar-refractivity contribution in [3.05, 3.63) is 83.9 Å². The van der Waals surface area contributed by atoms with E-state index in [1.165, 1.54) is 0 Å². The molecule has 6 nitrogen and oxygen atoms in total. The predicted octanol–water partition coefficient (Wildman–Crippen LogP) is 4.34. The van der Waals surface area contributed by atoms with Crippen molar-refractivity contribution in [2.75, 3.05) is 33.3 Å². The standard InChI is InChI=1S/C25H23N3O3/c1-30-19-12-10-18(11-13-19)25(29)28-16-14-27(15-17-28)24-20-6-2-4-8-22(20)31-23-9-5-3-7-21(23)26-24/h2-13H,14-17H2,1H3. The second-order valence-electron chi connectivity index (χ2n) is 7.51. The zero-order valence-electron chi connectivity index (χ0n) is 17.3. The fourth-order valence-electron chi connectivity index (χ4n) is 3.95.